The van der Waals surface area contributed by atoms with Crippen molar-refractivity contribution in [3.63, 3.8) is 0 Å². The molecule has 0 fully saturated rings. The third-order valence-electron chi connectivity index (χ3n) is 3.36. The van der Waals surface area contributed by atoms with Crippen molar-refractivity contribution in [2.24, 2.45) is 5.92 Å². The SMILES string of the molecule is COc1ccccc1CCC(=O)NC(CC(=O)O)C(C)C. The zero-order valence-corrected chi connectivity index (χ0v) is 12.8. The molecule has 1 aromatic rings. The van der Waals surface area contributed by atoms with Gasteiger partial charge in [0.1, 0.15) is 5.75 Å². The smallest absolute Gasteiger partial charge is 0.305 e. The van der Waals surface area contributed by atoms with Crippen LogP contribution in [0.2, 0.25) is 0 Å². The molecule has 0 aromatic heterocycles. The Labute approximate surface area is 125 Å². The number of para-hydroxylation sites is 1. The average molecular weight is 293 g/mol. The van der Waals surface area contributed by atoms with Gasteiger partial charge in [-0.25, -0.2) is 0 Å². The molecule has 1 unspecified atom stereocenters. The van der Waals surface area contributed by atoms with E-state index < -0.39 is 5.97 Å². The molecule has 0 aliphatic heterocycles. The molecule has 0 bridgehead atoms. The molecule has 1 aromatic carbocycles. The van der Waals surface area contributed by atoms with Gasteiger partial charge < -0.3 is 15.2 Å². The van der Waals surface area contributed by atoms with Crippen LogP contribution in [-0.4, -0.2) is 30.1 Å². The Hall–Kier alpha value is -2.04. The number of ether oxygens (including phenoxy) is 1. The van der Waals surface area contributed by atoms with E-state index in [1.165, 1.54) is 0 Å². The van der Waals surface area contributed by atoms with Crippen molar-refractivity contribution < 1.29 is 19.4 Å². The first-order valence-corrected chi connectivity index (χ1v) is 7.07. The molecule has 0 heterocycles. The summed E-state index contributed by atoms with van der Waals surface area (Å²) in [5.41, 5.74) is 0.967. The molecule has 2 N–H and O–H groups in total. The number of carboxylic acids is 1. The lowest BCUT2D eigenvalue weighted by Gasteiger charge is -2.20. The second-order valence-corrected chi connectivity index (χ2v) is 5.33. The molecule has 21 heavy (non-hydrogen) atoms. The van der Waals surface area contributed by atoms with Gasteiger partial charge in [0.2, 0.25) is 5.91 Å². The highest BCUT2D eigenvalue weighted by Crippen LogP contribution is 2.18. The minimum absolute atomic E-state index is 0.0575. The Bertz CT molecular complexity index is 485. The Morgan fingerprint density at radius 1 is 1.29 bits per heavy atom. The van der Waals surface area contributed by atoms with Crippen LogP contribution in [0.5, 0.6) is 5.75 Å². The van der Waals surface area contributed by atoms with Crippen molar-refractivity contribution >= 4 is 11.9 Å². The van der Waals surface area contributed by atoms with Crippen molar-refractivity contribution in [3.8, 4) is 5.75 Å². The van der Waals surface area contributed by atoms with Crippen LogP contribution in [0.15, 0.2) is 24.3 Å². The van der Waals surface area contributed by atoms with Crippen LogP contribution in [0.25, 0.3) is 0 Å². The molecule has 0 saturated heterocycles. The summed E-state index contributed by atoms with van der Waals surface area (Å²) in [6, 6.07) is 7.21. The maximum Gasteiger partial charge on any atom is 0.305 e. The highest BCUT2D eigenvalue weighted by atomic mass is 16.5. The van der Waals surface area contributed by atoms with Crippen LogP contribution in [0.4, 0.5) is 0 Å². The molecule has 116 valence electrons. The topological polar surface area (TPSA) is 75.6 Å². The third-order valence-corrected chi connectivity index (χ3v) is 3.36. The van der Waals surface area contributed by atoms with Gasteiger partial charge in [-0.3, -0.25) is 9.59 Å². The van der Waals surface area contributed by atoms with Gasteiger partial charge in [0.15, 0.2) is 0 Å². The number of rotatable bonds is 8. The third kappa shape index (κ3) is 5.85. The molecule has 0 aliphatic carbocycles. The number of amides is 1. The molecule has 1 amide bonds. The van der Waals surface area contributed by atoms with Gasteiger partial charge >= 0.3 is 5.97 Å². The highest BCUT2D eigenvalue weighted by molar-refractivity contribution is 5.77. The van der Waals surface area contributed by atoms with E-state index in [0.29, 0.717) is 12.8 Å². The quantitative estimate of drug-likeness (QED) is 0.770. The van der Waals surface area contributed by atoms with Crippen molar-refractivity contribution in [1.29, 1.82) is 0 Å². The summed E-state index contributed by atoms with van der Waals surface area (Å²) in [5, 5.41) is 11.6. The zero-order valence-electron chi connectivity index (χ0n) is 12.8. The van der Waals surface area contributed by atoms with Gasteiger partial charge in [0.25, 0.3) is 0 Å². The first-order valence-electron chi connectivity index (χ1n) is 7.07. The van der Waals surface area contributed by atoms with Crippen molar-refractivity contribution in [2.75, 3.05) is 7.11 Å². The van der Waals surface area contributed by atoms with Crippen LogP contribution in [0, 0.1) is 5.92 Å². The minimum Gasteiger partial charge on any atom is -0.496 e. The van der Waals surface area contributed by atoms with Crippen molar-refractivity contribution in [1.82, 2.24) is 5.32 Å². The van der Waals surface area contributed by atoms with Crippen LogP contribution in [0.3, 0.4) is 0 Å². The van der Waals surface area contributed by atoms with E-state index >= 15 is 0 Å². The van der Waals surface area contributed by atoms with Gasteiger partial charge in [0.05, 0.1) is 13.5 Å². The molecular formula is C16H23NO4. The molecule has 1 atom stereocenters. The monoisotopic (exact) mass is 293 g/mol. The molecule has 0 aliphatic rings. The molecule has 0 radical (unpaired) electrons. The molecule has 5 heteroatoms. The second kappa shape index (κ2) is 8.29. The Morgan fingerprint density at radius 3 is 2.52 bits per heavy atom. The summed E-state index contributed by atoms with van der Waals surface area (Å²) >= 11 is 0. The van der Waals surface area contributed by atoms with Crippen molar-refractivity contribution in [3.05, 3.63) is 29.8 Å². The number of benzene rings is 1. The number of carbonyl (C=O) groups excluding carboxylic acids is 1. The molecular weight excluding hydrogens is 270 g/mol. The summed E-state index contributed by atoms with van der Waals surface area (Å²) in [6.45, 7) is 3.79. The number of carboxylic acid groups (broad SMARTS) is 1. The number of aryl methyl sites for hydroxylation is 1. The average Bonchev–Trinajstić information content (AvgIpc) is 2.44. The minimum atomic E-state index is -0.904. The Balaban J connectivity index is 2.54. The maximum atomic E-state index is 12.0. The zero-order chi connectivity index (χ0) is 15.8. The normalized spacial score (nSPS) is 12.0. The number of hydrogen-bond donors (Lipinski definition) is 2. The summed E-state index contributed by atoms with van der Waals surface area (Å²) in [7, 11) is 1.60. The van der Waals surface area contributed by atoms with Gasteiger partial charge in [0, 0.05) is 12.5 Å². The first kappa shape index (κ1) is 17.0. The Morgan fingerprint density at radius 2 is 1.95 bits per heavy atom. The van der Waals surface area contributed by atoms with E-state index in [2.05, 4.69) is 5.32 Å². The number of aliphatic carboxylic acids is 1. The molecule has 0 saturated carbocycles. The van der Waals surface area contributed by atoms with E-state index in [9.17, 15) is 9.59 Å². The lowest BCUT2D eigenvalue weighted by Crippen LogP contribution is -2.40. The van der Waals surface area contributed by atoms with Gasteiger partial charge in [-0.1, -0.05) is 32.0 Å². The van der Waals surface area contributed by atoms with E-state index in [4.69, 9.17) is 9.84 Å². The summed E-state index contributed by atoms with van der Waals surface area (Å²) in [4.78, 5) is 22.8. The number of carbonyl (C=O) groups is 2. The number of nitrogens with one attached hydrogen (secondary N) is 1. The fourth-order valence-electron chi connectivity index (χ4n) is 2.08. The highest BCUT2D eigenvalue weighted by Gasteiger charge is 2.19. The molecule has 1 rings (SSSR count). The fraction of sp³-hybridized carbons (Fsp3) is 0.500. The standard InChI is InChI=1S/C16H23NO4/c1-11(2)13(10-16(19)20)17-15(18)9-8-12-6-4-5-7-14(12)21-3/h4-7,11,13H,8-10H2,1-3H3,(H,17,18)(H,19,20). The first-order chi connectivity index (χ1) is 9.93. The fourth-order valence-corrected chi connectivity index (χ4v) is 2.08. The largest absolute Gasteiger partial charge is 0.496 e. The molecule has 5 nitrogen and oxygen atoms in total. The van der Waals surface area contributed by atoms with Gasteiger partial charge in [-0.05, 0) is 24.0 Å². The Kier molecular flexibility index (Phi) is 6.72. The molecule has 0 spiro atoms. The van der Waals surface area contributed by atoms with Crippen LogP contribution in [0.1, 0.15) is 32.3 Å². The van der Waals surface area contributed by atoms with E-state index in [1.54, 1.807) is 7.11 Å². The predicted molar refractivity (Wildman–Crippen MR) is 80.3 cm³/mol. The predicted octanol–water partition coefficient (Wildman–Crippen LogP) is 2.24. The summed E-state index contributed by atoms with van der Waals surface area (Å²) in [5.74, 6) is -0.202. The lowest BCUT2D eigenvalue weighted by molar-refractivity contribution is -0.138. The van der Waals surface area contributed by atoms with Gasteiger partial charge in [-0.2, -0.15) is 0 Å². The van der Waals surface area contributed by atoms with E-state index in [1.807, 2.05) is 38.1 Å². The lowest BCUT2D eigenvalue weighted by atomic mass is 10.0. The van der Waals surface area contributed by atoms with Crippen LogP contribution < -0.4 is 10.1 Å². The number of hydrogen-bond acceptors (Lipinski definition) is 3. The summed E-state index contributed by atoms with van der Waals surface area (Å²) < 4.78 is 5.24. The van der Waals surface area contributed by atoms with Crippen molar-refractivity contribution in [2.45, 2.75) is 39.2 Å². The van der Waals surface area contributed by atoms with E-state index in [-0.39, 0.29) is 24.3 Å². The number of methoxy groups -OCH3 is 1. The van der Waals surface area contributed by atoms with Crippen LogP contribution in [-0.2, 0) is 16.0 Å². The van der Waals surface area contributed by atoms with E-state index in [0.717, 1.165) is 11.3 Å². The maximum absolute atomic E-state index is 12.0. The second-order valence-electron chi connectivity index (χ2n) is 5.33. The van der Waals surface area contributed by atoms with Crippen LogP contribution >= 0.6 is 0 Å². The van der Waals surface area contributed by atoms with Gasteiger partial charge in [-0.15, -0.1) is 0 Å². The summed E-state index contributed by atoms with van der Waals surface area (Å²) in [6.07, 6.45) is 0.814.